The van der Waals surface area contributed by atoms with Crippen molar-refractivity contribution in [1.82, 2.24) is 5.32 Å². The lowest BCUT2D eigenvalue weighted by molar-refractivity contribution is 0.0950. The second-order valence-corrected chi connectivity index (χ2v) is 5.40. The van der Waals surface area contributed by atoms with Gasteiger partial charge in [0, 0.05) is 17.6 Å². The monoisotopic (exact) mass is 348 g/mol. The number of carbonyl (C=O) groups excluding carboxylic acids is 1. The molecule has 21 heavy (non-hydrogen) atoms. The summed E-state index contributed by atoms with van der Waals surface area (Å²) in [6, 6.07) is 13.1. The quantitative estimate of drug-likeness (QED) is 0.873. The number of hydrogen-bond donors (Lipinski definition) is 2. The molecule has 0 aliphatic rings. The maximum absolute atomic E-state index is 12.2. The van der Waals surface area contributed by atoms with E-state index in [1.807, 2.05) is 24.3 Å². The molecule has 0 unspecified atom stereocenters. The Kier molecular flexibility index (Phi) is 5.36. The molecule has 0 bridgehead atoms. The molecule has 4 nitrogen and oxygen atoms in total. The fourth-order valence-corrected chi connectivity index (χ4v) is 2.30. The van der Waals surface area contributed by atoms with Gasteiger partial charge in [-0.15, -0.1) is 0 Å². The van der Waals surface area contributed by atoms with Gasteiger partial charge in [-0.3, -0.25) is 4.79 Å². The van der Waals surface area contributed by atoms with E-state index in [2.05, 4.69) is 21.2 Å². The summed E-state index contributed by atoms with van der Waals surface area (Å²) in [4.78, 5) is 12.2. The molecule has 0 radical (unpaired) electrons. The normalized spacial score (nSPS) is 10.2. The van der Waals surface area contributed by atoms with E-state index in [1.54, 1.807) is 25.3 Å². The highest BCUT2D eigenvalue weighted by molar-refractivity contribution is 9.10. The van der Waals surface area contributed by atoms with Crippen molar-refractivity contribution in [3.8, 4) is 5.75 Å². The smallest absolute Gasteiger partial charge is 0.252 e. The van der Waals surface area contributed by atoms with Gasteiger partial charge in [0.2, 0.25) is 0 Å². The van der Waals surface area contributed by atoms with E-state index >= 15 is 0 Å². The van der Waals surface area contributed by atoms with Gasteiger partial charge in [-0.1, -0.05) is 24.3 Å². The molecule has 1 amide bonds. The first-order chi connectivity index (χ1) is 10.1. The molecule has 0 fully saturated rings. The van der Waals surface area contributed by atoms with Gasteiger partial charge in [-0.2, -0.15) is 0 Å². The molecule has 5 heteroatoms. The number of amides is 1. The second kappa shape index (κ2) is 7.24. The Hall–Kier alpha value is -1.85. The Morgan fingerprint density at radius 1 is 1.19 bits per heavy atom. The maximum Gasteiger partial charge on any atom is 0.252 e. The van der Waals surface area contributed by atoms with E-state index in [1.165, 1.54) is 0 Å². The van der Waals surface area contributed by atoms with Crippen molar-refractivity contribution in [2.45, 2.75) is 13.1 Å². The molecule has 2 aromatic rings. The van der Waals surface area contributed by atoms with Gasteiger partial charge in [-0.25, -0.2) is 0 Å². The van der Waals surface area contributed by atoms with Gasteiger partial charge >= 0.3 is 0 Å². The highest BCUT2D eigenvalue weighted by Crippen LogP contribution is 2.22. The Balaban J connectivity index is 2.04. The number of carbonyl (C=O) groups is 1. The van der Waals surface area contributed by atoms with Crippen LogP contribution in [0.5, 0.6) is 5.75 Å². The predicted octanol–water partition coefficient (Wildman–Crippen LogP) is 2.85. The highest BCUT2D eigenvalue weighted by atomic mass is 79.9. The number of hydrogen-bond acceptors (Lipinski definition) is 3. The molecule has 0 aliphatic carbocycles. The fourth-order valence-electron chi connectivity index (χ4n) is 1.88. The first-order valence-corrected chi connectivity index (χ1v) is 7.33. The molecule has 2 rings (SSSR count). The summed E-state index contributed by atoms with van der Waals surface area (Å²) in [5.74, 6) is 0.499. The summed E-state index contributed by atoms with van der Waals surface area (Å²) in [6.07, 6.45) is 0. The number of nitrogens with two attached hydrogens (primary N) is 1. The van der Waals surface area contributed by atoms with Gasteiger partial charge in [-0.05, 0) is 45.3 Å². The first kappa shape index (κ1) is 15.5. The van der Waals surface area contributed by atoms with Crippen LogP contribution in [0, 0.1) is 0 Å². The molecule has 0 atom stereocenters. The van der Waals surface area contributed by atoms with Crippen LogP contribution < -0.4 is 15.8 Å². The highest BCUT2D eigenvalue weighted by Gasteiger charge is 2.11. The molecule has 110 valence electrons. The zero-order valence-electron chi connectivity index (χ0n) is 11.7. The van der Waals surface area contributed by atoms with E-state index in [0.29, 0.717) is 24.4 Å². The minimum atomic E-state index is -0.149. The van der Waals surface area contributed by atoms with Crippen molar-refractivity contribution in [2.75, 3.05) is 7.11 Å². The third-order valence-corrected chi connectivity index (χ3v) is 3.82. The van der Waals surface area contributed by atoms with Crippen LogP contribution >= 0.6 is 15.9 Å². The molecule has 0 heterocycles. The van der Waals surface area contributed by atoms with E-state index in [9.17, 15) is 4.79 Å². The molecule has 0 saturated heterocycles. The van der Waals surface area contributed by atoms with E-state index in [4.69, 9.17) is 10.5 Å². The predicted molar refractivity (Wildman–Crippen MR) is 86.2 cm³/mol. The molecule has 0 saturated carbocycles. The van der Waals surface area contributed by atoms with Crippen LogP contribution in [0.2, 0.25) is 0 Å². The van der Waals surface area contributed by atoms with Crippen molar-refractivity contribution in [3.63, 3.8) is 0 Å². The van der Waals surface area contributed by atoms with Crippen LogP contribution in [0.15, 0.2) is 46.9 Å². The van der Waals surface area contributed by atoms with Crippen molar-refractivity contribution in [1.29, 1.82) is 0 Å². The van der Waals surface area contributed by atoms with E-state index in [-0.39, 0.29) is 5.91 Å². The Morgan fingerprint density at radius 2 is 1.86 bits per heavy atom. The summed E-state index contributed by atoms with van der Waals surface area (Å²) in [5.41, 5.74) is 8.20. The number of rotatable bonds is 5. The van der Waals surface area contributed by atoms with E-state index in [0.717, 1.165) is 15.6 Å². The van der Waals surface area contributed by atoms with Crippen LogP contribution in [0.1, 0.15) is 21.5 Å². The summed E-state index contributed by atoms with van der Waals surface area (Å²) >= 11 is 3.38. The number of ether oxygens (including phenoxy) is 1. The van der Waals surface area contributed by atoms with Crippen LogP contribution in [-0.2, 0) is 13.1 Å². The van der Waals surface area contributed by atoms with Crippen LogP contribution in [0.4, 0.5) is 0 Å². The lowest BCUT2D eigenvalue weighted by Crippen LogP contribution is -2.23. The molecule has 0 aliphatic heterocycles. The zero-order valence-corrected chi connectivity index (χ0v) is 13.3. The minimum absolute atomic E-state index is 0.149. The molecule has 0 aromatic heterocycles. The summed E-state index contributed by atoms with van der Waals surface area (Å²) in [7, 11) is 1.57. The summed E-state index contributed by atoms with van der Waals surface area (Å²) in [6.45, 7) is 0.983. The van der Waals surface area contributed by atoms with Gasteiger partial charge in [0.1, 0.15) is 5.75 Å². The van der Waals surface area contributed by atoms with Crippen molar-refractivity contribution < 1.29 is 9.53 Å². The third-order valence-electron chi connectivity index (χ3n) is 3.13. The molecular formula is C16H17BrN2O2. The third kappa shape index (κ3) is 4.06. The first-order valence-electron chi connectivity index (χ1n) is 6.53. The topological polar surface area (TPSA) is 64.3 Å². The Labute approximate surface area is 132 Å². The lowest BCUT2D eigenvalue weighted by atomic mass is 10.1. The summed E-state index contributed by atoms with van der Waals surface area (Å²) < 4.78 is 5.87. The van der Waals surface area contributed by atoms with Crippen LogP contribution in [-0.4, -0.2) is 13.0 Å². The molecule has 2 aromatic carbocycles. The number of nitrogens with one attached hydrogen (secondary N) is 1. The fraction of sp³-hybridized carbons (Fsp3) is 0.188. The minimum Gasteiger partial charge on any atom is -0.497 e. The molecular weight excluding hydrogens is 332 g/mol. The maximum atomic E-state index is 12.2. The SMILES string of the molecule is COc1ccc(Br)c(C(=O)NCc2ccc(CN)cc2)c1. The average Bonchev–Trinajstić information content (AvgIpc) is 2.53. The van der Waals surface area contributed by atoms with Crippen LogP contribution in [0.3, 0.4) is 0 Å². The Morgan fingerprint density at radius 3 is 2.48 bits per heavy atom. The molecule has 3 N–H and O–H groups in total. The van der Waals surface area contributed by atoms with Crippen molar-refractivity contribution in [2.24, 2.45) is 5.73 Å². The van der Waals surface area contributed by atoms with Gasteiger partial charge in [0.25, 0.3) is 5.91 Å². The average molecular weight is 349 g/mol. The van der Waals surface area contributed by atoms with Crippen LogP contribution in [0.25, 0.3) is 0 Å². The second-order valence-electron chi connectivity index (χ2n) is 4.55. The number of methoxy groups -OCH3 is 1. The number of benzene rings is 2. The molecule has 0 spiro atoms. The number of halogens is 1. The Bertz CT molecular complexity index is 627. The van der Waals surface area contributed by atoms with Crippen molar-refractivity contribution in [3.05, 3.63) is 63.6 Å². The zero-order chi connectivity index (χ0) is 15.2. The van der Waals surface area contributed by atoms with Gasteiger partial charge < -0.3 is 15.8 Å². The lowest BCUT2D eigenvalue weighted by Gasteiger charge is -2.09. The summed E-state index contributed by atoms with van der Waals surface area (Å²) in [5, 5.41) is 2.89. The van der Waals surface area contributed by atoms with E-state index < -0.39 is 0 Å². The standard InChI is InChI=1S/C16H17BrN2O2/c1-21-13-6-7-15(17)14(8-13)16(20)19-10-12-4-2-11(9-18)3-5-12/h2-8H,9-10,18H2,1H3,(H,19,20). The van der Waals surface area contributed by atoms with Crippen molar-refractivity contribution >= 4 is 21.8 Å². The van der Waals surface area contributed by atoms with Gasteiger partial charge in [0.05, 0.1) is 12.7 Å². The largest absolute Gasteiger partial charge is 0.497 e. The van der Waals surface area contributed by atoms with Gasteiger partial charge in [0.15, 0.2) is 0 Å².